The minimum atomic E-state index is -3.13. The Labute approximate surface area is 94.8 Å². The van der Waals surface area contributed by atoms with Gasteiger partial charge in [0.25, 0.3) is 0 Å². The Morgan fingerprint density at radius 1 is 1.25 bits per heavy atom. The van der Waals surface area contributed by atoms with Crippen LogP contribution in [0, 0.1) is 0 Å². The molecular formula is C11H14O4S. The highest BCUT2D eigenvalue weighted by atomic mass is 32.2. The first kappa shape index (κ1) is 12.7. The van der Waals surface area contributed by atoms with Crippen LogP contribution >= 0.6 is 0 Å². The maximum Gasteiger partial charge on any atom is 0.335 e. The van der Waals surface area contributed by atoms with Crippen LogP contribution in [0.3, 0.4) is 0 Å². The molecule has 0 saturated carbocycles. The second-order valence-corrected chi connectivity index (χ2v) is 6.42. The zero-order chi connectivity index (χ0) is 12.3. The minimum absolute atomic E-state index is 0.0510. The number of carboxylic acid groups (broad SMARTS) is 1. The molecule has 5 heteroatoms. The fourth-order valence-electron chi connectivity index (χ4n) is 1.14. The Balaban J connectivity index is 2.89. The number of sulfone groups is 1. The van der Waals surface area contributed by atoms with Gasteiger partial charge in [0, 0.05) is 0 Å². The number of hydrogen-bond donors (Lipinski definition) is 1. The van der Waals surface area contributed by atoms with E-state index >= 15 is 0 Å². The minimum Gasteiger partial charge on any atom is -0.478 e. The van der Waals surface area contributed by atoms with Crippen LogP contribution in [0.2, 0.25) is 0 Å². The van der Waals surface area contributed by atoms with Gasteiger partial charge in [0.05, 0.1) is 16.6 Å². The van der Waals surface area contributed by atoms with Crippen molar-refractivity contribution >= 4 is 15.8 Å². The lowest BCUT2D eigenvalue weighted by atomic mass is 10.1. The van der Waals surface area contributed by atoms with Crippen molar-refractivity contribution in [2.75, 3.05) is 0 Å². The zero-order valence-electron chi connectivity index (χ0n) is 9.17. The van der Waals surface area contributed by atoms with E-state index in [4.69, 9.17) is 5.11 Å². The lowest BCUT2D eigenvalue weighted by Gasteiger charge is -2.07. The Morgan fingerprint density at radius 2 is 1.75 bits per heavy atom. The van der Waals surface area contributed by atoms with Crippen molar-refractivity contribution in [2.45, 2.75) is 24.9 Å². The molecule has 0 atom stereocenters. The summed E-state index contributed by atoms with van der Waals surface area (Å²) in [7, 11) is -3.13. The number of rotatable bonds is 4. The highest BCUT2D eigenvalue weighted by Gasteiger charge is 2.16. The van der Waals surface area contributed by atoms with Crippen molar-refractivity contribution in [1.82, 2.24) is 0 Å². The van der Waals surface area contributed by atoms with Crippen molar-refractivity contribution in [3.8, 4) is 0 Å². The van der Waals surface area contributed by atoms with Crippen LogP contribution in [-0.2, 0) is 15.6 Å². The third-order valence-electron chi connectivity index (χ3n) is 2.29. The Hall–Kier alpha value is -1.36. The fourth-order valence-corrected chi connectivity index (χ4v) is 2.13. The summed E-state index contributed by atoms with van der Waals surface area (Å²) in [5.74, 6) is -1.07. The first-order chi connectivity index (χ1) is 7.33. The molecule has 0 amide bonds. The van der Waals surface area contributed by atoms with Crippen LogP contribution in [0.1, 0.15) is 29.8 Å². The van der Waals surface area contributed by atoms with Gasteiger partial charge in [0.1, 0.15) is 0 Å². The summed E-state index contributed by atoms with van der Waals surface area (Å²) < 4.78 is 23.2. The summed E-state index contributed by atoms with van der Waals surface area (Å²) in [6.07, 6.45) is 0. The summed E-state index contributed by atoms with van der Waals surface area (Å²) in [6.45, 7) is 3.25. The van der Waals surface area contributed by atoms with Crippen LogP contribution in [0.5, 0.6) is 0 Å². The maximum absolute atomic E-state index is 11.6. The molecular weight excluding hydrogens is 228 g/mol. The lowest BCUT2D eigenvalue weighted by molar-refractivity contribution is 0.0697. The molecule has 16 heavy (non-hydrogen) atoms. The molecule has 1 N–H and O–H groups in total. The van der Waals surface area contributed by atoms with E-state index in [1.807, 2.05) is 0 Å². The number of benzene rings is 1. The van der Waals surface area contributed by atoms with Crippen molar-refractivity contribution in [2.24, 2.45) is 0 Å². The summed E-state index contributed by atoms with van der Waals surface area (Å²) in [4.78, 5) is 10.6. The molecule has 0 bridgehead atoms. The van der Waals surface area contributed by atoms with Gasteiger partial charge in [-0.2, -0.15) is 0 Å². The molecule has 1 aromatic carbocycles. The van der Waals surface area contributed by atoms with Gasteiger partial charge in [-0.15, -0.1) is 0 Å². The van der Waals surface area contributed by atoms with E-state index in [9.17, 15) is 13.2 Å². The average Bonchev–Trinajstić information content (AvgIpc) is 2.17. The fraction of sp³-hybridized carbons (Fsp3) is 0.364. The van der Waals surface area contributed by atoms with E-state index in [1.165, 1.54) is 24.3 Å². The second-order valence-electron chi connectivity index (χ2n) is 3.86. The van der Waals surface area contributed by atoms with E-state index in [0.29, 0.717) is 5.56 Å². The summed E-state index contributed by atoms with van der Waals surface area (Å²) in [5.41, 5.74) is 0.768. The van der Waals surface area contributed by atoms with Crippen molar-refractivity contribution in [1.29, 1.82) is 0 Å². The number of aromatic carboxylic acids is 1. The van der Waals surface area contributed by atoms with E-state index < -0.39 is 21.1 Å². The van der Waals surface area contributed by atoms with Gasteiger partial charge in [-0.25, -0.2) is 13.2 Å². The molecule has 0 fully saturated rings. The normalized spacial score (nSPS) is 11.7. The van der Waals surface area contributed by atoms with E-state index in [2.05, 4.69) is 0 Å². The van der Waals surface area contributed by atoms with Gasteiger partial charge in [0.15, 0.2) is 9.84 Å². The van der Waals surface area contributed by atoms with Crippen molar-refractivity contribution in [3.63, 3.8) is 0 Å². The quantitative estimate of drug-likeness (QED) is 0.872. The highest BCUT2D eigenvalue weighted by molar-refractivity contribution is 7.91. The van der Waals surface area contributed by atoms with Crippen LogP contribution in [0.4, 0.5) is 0 Å². The van der Waals surface area contributed by atoms with Crippen LogP contribution in [0.15, 0.2) is 24.3 Å². The molecule has 4 nitrogen and oxygen atoms in total. The predicted molar refractivity (Wildman–Crippen MR) is 61.2 cm³/mol. The molecule has 88 valence electrons. The molecule has 0 unspecified atom stereocenters. The van der Waals surface area contributed by atoms with Gasteiger partial charge >= 0.3 is 5.97 Å². The number of hydrogen-bond acceptors (Lipinski definition) is 3. The van der Waals surface area contributed by atoms with E-state index in [-0.39, 0.29) is 11.3 Å². The summed E-state index contributed by atoms with van der Waals surface area (Å²) in [6, 6.07) is 5.88. The number of carbonyl (C=O) groups is 1. The first-order valence-corrected chi connectivity index (χ1v) is 6.58. The Kier molecular flexibility index (Phi) is 3.70. The third kappa shape index (κ3) is 3.06. The number of carboxylic acids is 1. The zero-order valence-corrected chi connectivity index (χ0v) is 9.99. The molecule has 0 heterocycles. The lowest BCUT2D eigenvalue weighted by Crippen LogP contribution is -2.16. The average molecular weight is 242 g/mol. The molecule has 0 saturated heterocycles. The second kappa shape index (κ2) is 4.65. The summed E-state index contributed by atoms with van der Waals surface area (Å²) >= 11 is 0. The van der Waals surface area contributed by atoms with E-state index in [0.717, 1.165) is 0 Å². The SMILES string of the molecule is CC(C)S(=O)(=O)Cc1ccc(C(=O)O)cc1. The molecule has 1 rings (SSSR count). The molecule has 0 aromatic heterocycles. The van der Waals surface area contributed by atoms with E-state index in [1.54, 1.807) is 13.8 Å². The largest absolute Gasteiger partial charge is 0.478 e. The molecule has 0 radical (unpaired) electrons. The molecule has 0 spiro atoms. The van der Waals surface area contributed by atoms with Crippen LogP contribution in [-0.4, -0.2) is 24.7 Å². The van der Waals surface area contributed by atoms with Gasteiger partial charge in [0.2, 0.25) is 0 Å². The Bertz CT molecular complexity index is 471. The van der Waals surface area contributed by atoms with Gasteiger partial charge < -0.3 is 5.11 Å². The molecule has 1 aromatic rings. The van der Waals surface area contributed by atoms with Gasteiger partial charge in [-0.1, -0.05) is 12.1 Å². The molecule has 0 aliphatic carbocycles. The smallest absolute Gasteiger partial charge is 0.335 e. The van der Waals surface area contributed by atoms with Crippen molar-refractivity contribution in [3.05, 3.63) is 35.4 Å². The van der Waals surface area contributed by atoms with Crippen LogP contribution < -0.4 is 0 Å². The highest BCUT2D eigenvalue weighted by Crippen LogP contribution is 2.12. The monoisotopic (exact) mass is 242 g/mol. The van der Waals surface area contributed by atoms with Gasteiger partial charge in [-0.3, -0.25) is 0 Å². The summed E-state index contributed by atoms with van der Waals surface area (Å²) in [5, 5.41) is 8.25. The third-order valence-corrected chi connectivity index (χ3v) is 4.46. The molecule has 0 aliphatic rings. The Morgan fingerprint density at radius 3 is 2.12 bits per heavy atom. The first-order valence-electron chi connectivity index (χ1n) is 4.87. The van der Waals surface area contributed by atoms with Crippen molar-refractivity contribution < 1.29 is 18.3 Å². The molecule has 0 aliphatic heterocycles. The van der Waals surface area contributed by atoms with Gasteiger partial charge in [-0.05, 0) is 31.5 Å². The standard InChI is InChI=1S/C11H14O4S/c1-8(2)16(14,15)7-9-3-5-10(6-4-9)11(12)13/h3-6,8H,7H2,1-2H3,(H,12,13). The maximum atomic E-state index is 11.6. The van der Waals surface area contributed by atoms with Crippen LogP contribution in [0.25, 0.3) is 0 Å². The predicted octanol–water partition coefficient (Wildman–Crippen LogP) is 1.71. The topological polar surface area (TPSA) is 71.4 Å².